The van der Waals surface area contributed by atoms with E-state index in [1.807, 2.05) is 0 Å². The molecule has 0 aliphatic rings. The lowest BCUT2D eigenvalue weighted by Crippen LogP contribution is -2.41. The number of amides is 1. The zero-order chi connectivity index (χ0) is 24.7. The summed E-state index contributed by atoms with van der Waals surface area (Å²) in [4.78, 5) is 13.1. The minimum atomic E-state index is -4.03. The third-order valence-electron chi connectivity index (χ3n) is 5.26. The summed E-state index contributed by atoms with van der Waals surface area (Å²) in [5.74, 6) is 1.26. The molecule has 0 aliphatic heterocycles. The van der Waals surface area contributed by atoms with Crippen LogP contribution in [0.4, 0.5) is 5.69 Å². The Hall–Kier alpha value is -3.72. The lowest BCUT2D eigenvalue weighted by molar-refractivity contribution is -0.120. The summed E-state index contributed by atoms with van der Waals surface area (Å²) in [6.45, 7) is 1.38. The van der Waals surface area contributed by atoms with Crippen LogP contribution in [-0.4, -0.2) is 42.2 Å². The summed E-state index contributed by atoms with van der Waals surface area (Å²) in [6.07, 6.45) is 0. The van der Waals surface area contributed by atoms with Crippen LogP contribution in [0.25, 0.3) is 0 Å². The van der Waals surface area contributed by atoms with Gasteiger partial charge in [0.1, 0.15) is 23.8 Å². The number of para-hydroxylation sites is 1. The molecule has 1 atom stereocenters. The largest absolute Gasteiger partial charge is 0.497 e. The lowest BCUT2D eigenvalue weighted by Gasteiger charge is -2.25. The first kappa shape index (κ1) is 24.9. The quantitative estimate of drug-likeness (QED) is 0.471. The molecule has 0 aliphatic carbocycles. The molecule has 0 radical (unpaired) electrons. The summed E-state index contributed by atoms with van der Waals surface area (Å²) in [5, 5.41) is 2.86. The summed E-state index contributed by atoms with van der Waals surface area (Å²) in [5.41, 5.74) is 1.08. The molecule has 0 saturated heterocycles. The van der Waals surface area contributed by atoms with E-state index in [1.54, 1.807) is 81.8 Å². The van der Waals surface area contributed by atoms with Gasteiger partial charge in [-0.3, -0.25) is 9.10 Å². The molecule has 8 nitrogen and oxygen atoms in total. The van der Waals surface area contributed by atoms with Crippen molar-refractivity contribution < 1.29 is 27.4 Å². The number of carbonyl (C=O) groups excluding carboxylic acids is 1. The van der Waals surface area contributed by atoms with Gasteiger partial charge in [0.25, 0.3) is 10.0 Å². The topological polar surface area (TPSA) is 94.2 Å². The molecule has 0 spiro atoms. The van der Waals surface area contributed by atoms with Crippen molar-refractivity contribution in [2.24, 2.45) is 0 Å². The molecular formula is C25H28N2O6S. The molecule has 0 saturated carbocycles. The van der Waals surface area contributed by atoms with E-state index >= 15 is 0 Å². The Morgan fingerprint density at radius 1 is 0.882 bits per heavy atom. The maximum atomic E-state index is 13.5. The maximum absolute atomic E-state index is 13.5. The van der Waals surface area contributed by atoms with E-state index in [0.717, 1.165) is 4.31 Å². The van der Waals surface area contributed by atoms with Crippen LogP contribution in [0.3, 0.4) is 0 Å². The second-order valence-corrected chi connectivity index (χ2v) is 9.28. The van der Waals surface area contributed by atoms with Crippen molar-refractivity contribution in [3.8, 4) is 17.2 Å². The Bertz CT molecular complexity index is 1210. The van der Waals surface area contributed by atoms with Gasteiger partial charge < -0.3 is 19.5 Å². The normalized spacial score (nSPS) is 11.9. The fourth-order valence-electron chi connectivity index (χ4n) is 3.46. The predicted molar refractivity (Wildman–Crippen MR) is 130 cm³/mol. The number of hydrogen-bond acceptors (Lipinski definition) is 6. The summed E-state index contributed by atoms with van der Waals surface area (Å²) in [7, 11) is 0.569. The molecule has 9 heteroatoms. The van der Waals surface area contributed by atoms with Crippen LogP contribution in [0, 0.1) is 0 Å². The van der Waals surface area contributed by atoms with Gasteiger partial charge >= 0.3 is 0 Å². The van der Waals surface area contributed by atoms with Crippen LogP contribution in [-0.2, 0) is 14.8 Å². The lowest BCUT2D eigenvalue weighted by atomic mass is 10.1. The summed E-state index contributed by atoms with van der Waals surface area (Å²) < 4.78 is 43.8. The molecule has 1 N–H and O–H groups in total. The van der Waals surface area contributed by atoms with E-state index < -0.39 is 28.5 Å². The predicted octanol–water partition coefficient (Wildman–Crippen LogP) is 3.79. The van der Waals surface area contributed by atoms with Gasteiger partial charge in [0.15, 0.2) is 0 Å². The second kappa shape index (κ2) is 10.9. The molecule has 1 amide bonds. The van der Waals surface area contributed by atoms with Crippen molar-refractivity contribution in [2.75, 3.05) is 32.2 Å². The van der Waals surface area contributed by atoms with E-state index in [2.05, 4.69) is 5.32 Å². The molecule has 1 unspecified atom stereocenters. The van der Waals surface area contributed by atoms with E-state index in [-0.39, 0.29) is 4.90 Å². The number of ether oxygens (including phenoxy) is 3. The fourth-order valence-corrected chi connectivity index (χ4v) is 4.88. The third kappa shape index (κ3) is 5.60. The third-order valence-corrected chi connectivity index (χ3v) is 7.05. The number of nitrogens with zero attached hydrogens (tertiary/aromatic N) is 1. The molecule has 180 valence electrons. The molecule has 0 bridgehead atoms. The smallest absolute Gasteiger partial charge is 0.264 e. The number of rotatable bonds is 10. The van der Waals surface area contributed by atoms with Crippen LogP contribution < -0.4 is 23.8 Å². The highest BCUT2D eigenvalue weighted by atomic mass is 32.2. The highest BCUT2D eigenvalue weighted by molar-refractivity contribution is 7.92. The Morgan fingerprint density at radius 2 is 1.50 bits per heavy atom. The van der Waals surface area contributed by atoms with Crippen LogP contribution in [0.15, 0.2) is 77.7 Å². The van der Waals surface area contributed by atoms with Crippen LogP contribution in [0.2, 0.25) is 0 Å². The minimum absolute atomic E-state index is 0.0486. The zero-order valence-electron chi connectivity index (χ0n) is 19.5. The number of benzene rings is 3. The van der Waals surface area contributed by atoms with Gasteiger partial charge in [-0.1, -0.05) is 18.2 Å². The number of anilines is 1. The van der Waals surface area contributed by atoms with Gasteiger partial charge in [0.2, 0.25) is 5.91 Å². The van der Waals surface area contributed by atoms with Gasteiger partial charge in [-0.25, -0.2) is 8.42 Å². The van der Waals surface area contributed by atoms with Crippen molar-refractivity contribution in [1.82, 2.24) is 5.32 Å². The molecular weight excluding hydrogens is 456 g/mol. The Balaban J connectivity index is 1.88. The Morgan fingerprint density at radius 3 is 2.09 bits per heavy atom. The summed E-state index contributed by atoms with van der Waals surface area (Å²) in [6, 6.07) is 19.3. The Kier molecular flexibility index (Phi) is 8.01. The maximum Gasteiger partial charge on any atom is 0.264 e. The molecule has 3 rings (SSSR count). The first-order chi connectivity index (χ1) is 16.3. The molecule has 0 aromatic heterocycles. The number of carbonyl (C=O) groups is 1. The summed E-state index contributed by atoms with van der Waals surface area (Å²) >= 11 is 0. The Labute approximate surface area is 200 Å². The van der Waals surface area contributed by atoms with Gasteiger partial charge in [-0.15, -0.1) is 0 Å². The first-order valence-corrected chi connectivity index (χ1v) is 12.0. The number of methoxy groups -OCH3 is 3. The van der Waals surface area contributed by atoms with Crippen molar-refractivity contribution >= 4 is 21.6 Å². The van der Waals surface area contributed by atoms with E-state index in [4.69, 9.17) is 14.2 Å². The van der Waals surface area contributed by atoms with E-state index in [9.17, 15) is 13.2 Å². The number of sulfonamides is 1. The standard InChI is InChI=1S/C25H28N2O6S/c1-18(23-16-21(32-3)12-15-24(23)33-4)26-25(28)17-27(19-8-6-5-7-9-19)34(29,30)22-13-10-20(31-2)11-14-22/h5-16,18H,17H2,1-4H3,(H,26,28). The molecule has 0 heterocycles. The van der Waals surface area contributed by atoms with Crippen molar-refractivity contribution in [3.05, 3.63) is 78.4 Å². The number of nitrogens with one attached hydrogen (secondary N) is 1. The monoisotopic (exact) mass is 484 g/mol. The van der Waals surface area contributed by atoms with Gasteiger partial charge in [0.05, 0.1) is 38.0 Å². The number of hydrogen-bond donors (Lipinski definition) is 1. The fraction of sp³-hybridized carbons (Fsp3) is 0.240. The molecule has 0 fully saturated rings. The average Bonchev–Trinajstić information content (AvgIpc) is 2.87. The zero-order valence-corrected chi connectivity index (χ0v) is 20.3. The van der Waals surface area contributed by atoms with Crippen LogP contribution in [0.1, 0.15) is 18.5 Å². The van der Waals surface area contributed by atoms with Crippen molar-refractivity contribution in [1.29, 1.82) is 0 Å². The molecule has 3 aromatic rings. The van der Waals surface area contributed by atoms with Crippen molar-refractivity contribution in [2.45, 2.75) is 17.9 Å². The van der Waals surface area contributed by atoms with Crippen LogP contribution in [0.5, 0.6) is 17.2 Å². The SMILES string of the molecule is COc1ccc(S(=O)(=O)N(CC(=O)NC(C)c2cc(OC)ccc2OC)c2ccccc2)cc1. The van der Waals surface area contributed by atoms with Gasteiger partial charge in [-0.2, -0.15) is 0 Å². The van der Waals surface area contributed by atoms with E-state index in [1.165, 1.54) is 19.2 Å². The van der Waals surface area contributed by atoms with Crippen molar-refractivity contribution in [3.63, 3.8) is 0 Å². The average molecular weight is 485 g/mol. The molecule has 34 heavy (non-hydrogen) atoms. The van der Waals surface area contributed by atoms with E-state index in [0.29, 0.717) is 28.5 Å². The first-order valence-electron chi connectivity index (χ1n) is 10.5. The highest BCUT2D eigenvalue weighted by Gasteiger charge is 2.28. The highest BCUT2D eigenvalue weighted by Crippen LogP contribution is 2.30. The van der Waals surface area contributed by atoms with Gasteiger partial charge in [-0.05, 0) is 61.5 Å². The van der Waals surface area contributed by atoms with Gasteiger partial charge in [0, 0.05) is 5.56 Å². The molecule has 3 aromatic carbocycles. The minimum Gasteiger partial charge on any atom is -0.497 e. The van der Waals surface area contributed by atoms with Crippen LogP contribution >= 0.6 is 0 Å². The second-order valence-electron chi connectivity index (χ2n) is 7.42.